The molecule has 7 heteroatoms. The van der Waals surface area contributed by atoms with Crippen molar-refractivity contribution in [2.75, 3.05) is 19.6 Å². The van der Waals surface area contributed by atoms with E-state index in [0.717, 1.165) is 17.1 Å². The second-order valence-electron chi connectivity index (χ2n) is 5.26. The third kappa shape index (κ3) is 3.41. The molecule has 0 saturated carbocycles. The number of nitrogens with zero attached hydrogens (tertiary/aromatic N) is 3. The predicted molar refractivity (Wildman–Crippen MR) is 71.7 cm³/mol. The number of aromatic nitrogens is 3. The first-order valence-electron chi connectivity index (χ1n) is 6.76. The summed E-state index contributed by atoms with van der Waals surface area (Å²) >= 11 is 0. The van der Waals surface area contributed by atoms with E-state index in [0.29, 0.717) is 19.5 Å². The van der Waals surface area contributed by atoms with Gasteiger partial charge in [-0.05, 0) is 25.1 Å². The van der Waals surface area contributed by atoms with E-state index in [9.17, 15) is 13.2 Å². The van der Waals surface area contributed by atoms with Crippen LogP contribution in [0.1, 0.15) is 18.2 Å². The highest BCUT2D eigenvalue weighted by Gasteiger charge is 2.35. The van der Waals surface area contributed by atoms with Gasteiger partial charge in [0.15, 0.2) is 0 Å². The van der Waals surface area contributed by atoms with Gasteiger partial charge in [0.05, 0.1) is 18.4 Å². The average Bonchev–Trinajstić information content (AvgIpc) is 3.06. The Hall–Kier alpha value is -1.89. The van der Waals surface area contributed by atoms with E-state index in [1.807, 2.05) is 12.1 Å². The van der Waals surface area contributed by atoms with E-state index in [4.69, 9.17) is 0 Å². The normalized spacial score (nSPS) is 20.0. The molecule has 4 nitrogen and oxygen atoms in total. The van der Waals surface area contributed by atoms with Crippen LogP contribution in [-0.2, 0) is 0 Å². The molecule has 1 aliphatic heterocycles. The number of H-pyrrole nitrogens is 1. The molecule has 2 aromatic rings. The van der Waals surface area contributed by atoms with Gasteiger partial charge in [-0.15, -0.1) is 0 Å². The van der Waals surface area contributed by atoms with Crippen LogP contribution in [0.25, 0.3) is 11.3 Å². The van der Waals surface area contributed by atoms with Crippen molar-refractivity contribution < 1.29 is 13.2 Å². The molecule has 0 radical (unpaired) electrons. The van der Waals surface area contributed by atoms with Crippen LogP contribution < -0.4 is 0 Å². The van der Waals surface area contributed by atoms with Gasteiger partial charge in [0, 0.05) is 30.4 Å². The molecule has 1 saturated heterocycles. The number of imidazole rings is 1. The van der Waals surface area contributed by atoms with Gasteiger partial charge in [-0.3, -0.25) is 9.88 Å². The molecule has 0 spiro atoms. The van der Waals surface area contributed by atoms with Crippen LogP contribution in [-0.4, -0.2) is 45.7 Å². The number of hydrogen-bond acceptors (Lipinski definition) is 3. The van der Waals surface area contributed by atoms with Crippen LogP contribution >= 0.6 is 0 Å². The molecule has 112 valence electrons. The van der Waals surface area contributed by atoms with Crippen molar-refractivity contribution in [2.24, 2.45) is 0 Å². The van der Waals surface area contributed by atoms with Crippen LogP contribution in [0.15, 0.2) is 30.7 Å². The Labute approximate surface area is 120 Å². The minimum atomic E-state index is -4.14. The van der Waals surface area contributed by atoms with Crippen LogP contribution in [0, 0.1) is 0 Å². The molecule has 0 bridgehead atoms. The zero-order chi connectivity index (χ0) is 14.9. The van der Waals surface area contributed by atoms with E-state index in [-0.39, 0.29) is 5.92 Å². The first-order chi connectivity index (χ1) is 10.0. The van der Waals surface area contributed by atoms with Crippen molar-refractivity contribution >= 4 is 0 Å². The Kier molecular flexibility index (Phi) is 3.67. The maximum Gasteiger partial charge on any atom is 0.401 e. The monoisotopic (exact) mass is 296 g/mol. The van der Waals surface area contributed by atoms with Gasteiger partial charge in [-0.2, -0.15) is 13.2 Å². The summed E-state index contributed by atoms with van der Waals surface area (Å²) in [6.07, 6.45) is 1.67. The maximum atomic E-state index is 12.4. The molecule has 1 N–H and O–H groups in total. The number of likely N-dealkylation sites (tertiary alicyclic amines) is 1. The maximum absolute atomic E-state index is 12.4. The predicted octanol–water partition coefficient (Wildman–Crippen LogP) is 2.82. The van der Waals surface area contributed by atoms with Crippen LogP contribution in [0.5, 0.6) is 0 Å². The molecule has 21 heavy (non-hydrogen) atoms. The number of rotatable bonds is 3. The van der Waals surface area contributed by atoms with Gasteiger partial charge in [0.2, 0.25) is 0 Å². The Bertz CT molecular complexity index is 594. The molecule has 1 unspecified atom stereocenters. The standard InChI is InChI=1S/C14H15F3N4/c15-14(16,17)9-21-5-3-11(8-21)13-19-7-12(20-13)10-2-1-4-18-6-10/h1-2,4,6-7,11H,3,5,8-9H2,(H,19,20). The molecule has 2 aromatic heterocycles. The summed E-state index contributed by atoms with van der Waals surface area (Å²) in [7, 11) is 0. The number of pyridine rings is 1. The van der Waals surface area contributed by atoms with Gasteiger partial charge >= 0.3 is 6.18 Å². The molecule has 1 aliphatic rings. The molecular formula is C14H15F3N4. The van der Waals surface area contributed by atoms with Gasteiger partial charge in [0.1, 0.15) is 5.82 Å². The number of nitrogens with one attached hydrogen (secondary N) is 1. The smallest absolute Gasteiger partial charge is 0.342 e. The highest BCUT2D eigenvalue weighted by Crippen LogP contribution is 2.29. The number of aromatic amines is 1. The fourth-order valence-corrected chi connectivity index (χ4v) is 2.67. The molecule has 3 rings (SSSR count). The number of halogens is 3. The lowest BCUT2D eigenvalue weighted by molar-refractivity contribution is -0.143. The van der Waals surface area contributed by atoms with E-state index in [2.05, 4.69) is 15.0 Å². The van der Waals surface area contributed by atoms with E-state index in [1.165, 1.54) is 4.90 Å². The van der Waals surface area contributed by atoms with Gasteiger partial charge in [-0.1, -0.05) is 0 Å². The number of alkyl halides is 3. The first-order valence-corrected chi connectivity index (χ1v) is 6.76. The lowest BCUT2D eigenvalue weighted by atomic mass is 10.1. The Balaban J connectivity index is 1.68. The van der Waals surface area contributed by atoms with Crippen molar-refractivity contribution in [1.29, 1.82) is 0 Å². The summed E-state index contributed by atoms with van der Waals surface area (Å²) in [6.45, 7) is -0.00766. The molecule has 3 heterocycles. The second-order valence-corrected chi connectivity index (χ2v) is 5.26. The third-order valence-electron chi connectivity index (χ3n) is 3.63. The van der Waals surface area contributed by atoms with E-state index < -0.39 is 12.7 Å². The van der Waals surface area contributed by atoms with Crippen molar-refractivity contribution in [2.45, 2.75) is 18.5 Å². The lowest BCUT2D eigenvalue weighted by Gasteiger charge is -2.17. The minimum absolute atomic E-state index is 0.0257. The largest absolute Gasteiger partial charge is 0.401 e. The first kappa shape index (κ1) is 14.1. The summed E-state index contributed by atoms with van der Waals surface area (Å²) < 4.78 is 37.2. The SMILES string of the molecule is FC(F)(F)CN1CCC(c2ncc(-c3cccnc3)[nH]2)C1. The van der Waals surface area contributed by atoms with Crippen molar-refractivity contribution in [3.8, 4) is 11.3 Å². The topological polar surface area (TPSA) is 44.8 Å². The molecule has 0 amide bonds. The molecule has 1 fully saturated rings. The third-order valence-corrected chi connectivity index (χ3v) is 3.63. The molecule has 1 atom stereocenters. The van der Waals surface area contributed by atoms with Gasteiger partial charge in [-0.25, -0.2) is 4.98 Å². The van der Waals surface area contributed by atoms with Crippen LogP contribution in [0.2, 0.25) is 0 Å². The van der Waals surface area contributed by atoms with Crippen LogP contribution in [0.3, 0.4) is 0 Å². The van der Waals surface area contributed by atoms with Crippen LogP contribution in [0.4, 0.5) is 13.2 Å². The van der Waals surface area contributed by atoms with Gasteiger partial charge in [0.25, 0.3) is 0 Å². The summed E-state index contributed by atoms with van der Waals surface area (Å²) in [5.41, 5.74) is 1.76. The van der Waals surface area contributed by atoms with Crippen molar-refractivity contribution in [3.63, 3.8) is 0 Å². The highest BCUT2D eigenvalue weighted by molar-refractivity contribution is 5.56. The van der Waals surface area contributed by atoms with Crippen molar-refractivity contribution in [1.82, 2.24) is 19.9 Å². The zero-order valence-electron chi connectivity index (χ0n) is 11.3. The molecular weight excluding hydrogens is 281 g/mol. The average molecular weight is 296 g/mol. The Morgan fingerprint density at radius 2 is 2.19 bits per heavy atom. The fraction of sp³-hybridized carbons (Fsp3) is 0.429. The summed E-state index contributed by atoms with van der Waals surface area (Å²) in [4.78, 5) is 13.0. The summed E-state index contributed by atoms with van der Waals surface area (Å²) in [5.74, 6) is 0.774. The zero-order valence-corrected chi connectivity index (χ0v) is 11.3. The second kappa shape index (κ2) is 5.48. The Morgan fingerprint density at radius 3 is 2.90 bits per heavy atom. The van der Waals surface area contributed by atoms with E-state index >= 15 is 0 Å². The fourth-order valence-electron chi connectivity index (χ4n) is 2.67. The van der Waals surface area contributed by atoms with Gasteiger partial charge < -0.3 is 4.98 Å². The minimum Gasteiger partial charge on any atom is -0.342 e. The lowest BCUT2D eigenvalue weighted by Crippen LogP contribution is -2.32. The quantitative estimate of drug-likeness (QED) is 0.947. The number of hydrogen-bond donors (Lipinski definition) is 1. The highest BCUT2D eigenvalue weighted by atomic mass is 19.4. The molecule has 0 aromatic carbocycles. The molecule has 0 aliphatic carbocycles. The summed E-state index contributed by atoms with van der Waals surface area (Å²) in [6, 6.07) is 3.74. The van der Waals surface area contributed by atoms with E-state index in [1.54, 1.807) is 18.6 Å². The van der Waals surface area contributed by atoms with Crippen molar-refractivity contribution in [3.05, 3.63) is 36.5 Å². The Morgan fingerprint density at radius 1 is 1.33 bits per heavy atom. The summed E-state index contributed by atoms with van der Waals surface area (Å²) in [5, 5.41) is 0.